The third-order valence-corrected chi connectivity index (χ3v) is 3.23. The predicted molar refractivity (Wildman–Crippen MR) is 78.4 cm³/mol. The zero-order valence-corrected chi connectivity index (χ0v) is 12.2. The molecule has 2 aromatic carbocycles. The van der Waals surface area contributed by atoms with Crippen LogP contribution in [0.2, 0.25) is 0 Å². The Labute approximate surface area is 130 Å². The van der Waals surface area contributed by atoms with E-state index in [1.165, 1.54) is 0 Å². The van der Waals surface area contributed by atoms with Crippen LogP contribution in [-0.2, 0) is 12.7 Å². The lowest BCUT2D eigenvalue weighted by Crippen LogP contribution is -2.28. The first-order valence-corrected chi connectivity index (χ1v) is 6.73. The summed E-state index contributed by atoms with van der Waals surface area (Å²) in [6, 6.07) is 9.00. The average Bonchev–Trinajstić information content (AvgIpc) is 2.47. The van der Waals surface area contributed by atoms with Crippen LogP contribution in [0.1, 0.15) is 16.7 Å². The minimum absolute atomic E-state index is 0.138. The van der Waals surface area contributed by atoms with Crippen molar-refractivity contribution in [2.45, 2.75) is 19.6 Å². The number of alkyl halides is 3. The number of benzene rings is 2. The van der Waals surface area contributed by atoms with Gasteiger partial charge in [0.1, 0.15) is 5.82 Å². The van der Waals surface area contributed by atoms with Crippen molar-refractivity contribution in [1.82, 2.24) is 5.32 Å². The SMILES string of the molecule is Cc1ccccc1CNC(=O)Nc1ccc(F)c(C(F)(F)F)c1. The Morgan fingerprint density at radius 3 is 2.48 bits per heavy atom. The highest BCUT2D eigenvalue weighted by Crippen LogP contribution is 2.32. The number of urea groups is 1. The zero-order valence-electron chi connectivity index (χ0n) is 12.2. The summed E-state index contributed by atoms with van der Waals surface area (Å²) in [7, 11) is 0. The molecule has 3 nitrogen and oxygen atoms in total. The maximum atomic E-state index is 13.2. The molecule has 2 amide bonds. The van der Waals surface area contributed by atoms with E-state index >= 15 is 0 Å². The first kappa shape index (κ1) is 16.8. The lowest BCUT2D eigenvalue weighted by Gasteiger charge is -2.12. The normalized spacial score (nSPS) is 11.2. The quantitative estimate of drug-likeness (QED) is 0.803. The number of hydrogen-bond acceptors (Lipinski definition) is 1. The van der Waals surface area contributed by atoms with E-state index in [4.69, 9.17) is 0 Å². The monoisotopic (exact) mass is 326 g/mol. The van der Waals surface area contributed by atoms with Crippen LogP contribution in [0.3, 0.4) is 0 Å². The molecule has 0 aromatic heterocycles. The maximum absolute atomic E-state index is 13.2. The smallest absolute Gasteiger partial charge is 0.334 e. The lowest BCUT2D eigenvalue weighted by atomic mass is 10.1. The number of anilines is 1. The fourth-order valence-corrected chi connectivity index (χ4v) is 1.98. The molecule has 0 heterocycles. The summed E-state index contributed by atoms with van der Waals surface area (Å²) in [5.41, 5.74) is 0.307. The van der Waals surface area contributed by atoms with Gasteiger partial charge in [-0.15, -0.1) is 0 Å². The third-order valence-electron chi connectivity index (χ3n) is 3.23. The molecule has 2 N–H and O–H groups in total. The van der Waals surface area contributed by atoms with E-state index in [0.29, 0.717) is 12.1 Å². The summed E-state index contributed by atoms with van der Waals surface area (Å²) < 4.78 is 51.0. The van der Waals surface area contributed by atoms with Crippen molar-refractivity contribution >= 4 is 11.7 Å². The topological polar surface area (TPSA) is 41.1 Å². The predicted octanol–water partition coefficient (Wildman–Crippen LogP) is 4.47. The molecule has 0 aliphatic heterocycles. The Hall–Kier alpha value is -2.57. The Kier molecular flexibility index (Phi) is 4.88. The minimum atomic E-state index is -4.82. The van der Waals surface area contributed by atoms with Gasteiger partial charge < -0.3 is 10.6 Å². The Morgan fingerprint density at radius 2 is 1.83 bits per heavy atom. The molecule has 2 aromatic rings. The van der Waals surface area contributed by atoms with E-state index in [1.54, 1.807) is 0 Å². The van der Waals surface area contributed by atoms with Crippen molar-refractivity contribution in [2.24, 2.45) is 0 Å². The van der Waals surface area contributed by atoms with Crippen LogP contribution in [0.15, 0.2) is 42.5 Å². The number of aryl methyl sites for hydroxylation is 1. The van der Waals surface area contributed by atoms with Crippen molar-refractivity contribution in [1.29, 1.82) is 0 Å². The van der Waals surface area contributed by atoms with Crippen molar-refractivity contribution in [3.05, 3.63) is 65.0 Å². The van der Waals surface area contributed by atoms with Gasteiger partial charge in [-0.1, -0.05) is 24.3 Å². The highest BCUT2D eigenvalue weighted by molar-refractivity contribution is 5.89. The standard InChI is InChI=1S/C16H14F4N2O/c1-10-4-2-3-5-11(10)9-21-15(23)22-12-6-7-14(17)13(8-12)16(18,19)20/h2-8H,9H2,1H3,(H2,21,22,23). The second-order valence-electron chi connectivity index (χ2n) is 4.93. The van der Waals surface area contributed by atoms with Gasteiger partial charge >= 0.3 is 12.2 Å². The number of nitrogens with one attached hydrogen (secondary N) is 2. The zero-order chi connectivity index (χ0) is 17.0. The number of carbonyl (C=O) groups is 1. The Balaban J connectivity index is 2.02. The second kappa shape index (κ2) is 6.68. The van der Waals surface area contributed by atoms with Gasteiger partial charge in [0.25, 0.3) is 0 Å². The summed E-state index contributed by atoms with van der Waals surface area (Å²) >= 11 is 0. The highest BCUT2D eigenvalue weighted by Gasteiger charge is 2.34. The van der Waals surface area contributed by atoms with Crippen LogP contribution in [0.4, 0.5) is 28.0 Å². The van der Waals surface area contributed by atoms with Crippen LogP contribution in [0.5, 0.6) is 0 Å². The molecule has 0 aliphatic rings. The molecule has 0 aliphatic carbocycles. The van der Waals surface area contributed by atoms with Gasteiger partial charge in [0, 0.05) is 12.2 Å². The van der Waals surface area contributed by atoms with E-state index in [2.05, 4.69) is 10.6 Å². The lowest BCUT2D eigenvalue weighted by molar-refractivity contribution is -0.139. The van der Waals surface area contributed by atoms with Crippen molar-refractivity contribution in [3.63, 3.8) is 0 Å². The van der Waals surface area contributed by atoms with Gasteiger partial charge in [0.2, 0.25) is 0 Å². The molecule has 0 unspecified atom stereocenters. The largest absolute Gasteiger partial charge is 0.419 e. The number of halogens is 4. The first-order chi connectivity index (χ1) is 10.8. The number of rotatable bonds is 3. The molecular formula is C16H14F4N2O. The molecule has 7 heteroatoms. The Morgan fingerprint density at radius 1 is 1.13 bits per heavy atom. The Bertz CT molecular complexity index is 713. The fraction of sp³-hybridized carbons (Fsp3) is 0.188. The molecule has 2 rings (SSSR count). The summed E-state index contributed by atoms with van der Waals surface area (Å²) in [6.45, 7) is 2.11. The highest BCUT2D eigenvalue weighted by atomic mass is 19.4. The van der Waals surface area contributed by atoms with E-state index in [0.717, 1.165) is 17.2 Å². The summed E-state index contributed by atoms with van der Waals surface area (Å²) in [5, 5.41) is 4.79. The van der Waals surface area contributed by atoms with Crippen molar-refractivity contribution in [3.8, 4) is 0 Å². The molecule has 0 saturated carbocycles. The van der Waals surface area contributed by atoms with Crippen molar-refractivity contribution in [2.75, 3.05) is 5.32 Å². The maximum Gasteiger partial charge on any atom is 0.419 e. The molecule has 0 radical (unpaired) electrons. The molecule has 0 saturated heterocycles. The second-order valence-corrected chi connectivity index (χ2v) is 4.93. The van der Waals surface area contributed by atoms with E-state index in [-0.39, 0.29) is 12.2 Å². The van der Waals surface area contributed by atoms with Crippen LogP contribution in [0, 0.1) is 12.7 Å². The summed E-state index contributed by atoms with van der Waals surface area (Å²) in [5.74, 6) is -1.39. The van der Waals surface area contributed by atoms with Gasteiger partial charge in [-0.2, -0.15) is 13.2 Å². The third kappa shape index (κ3) is 4.45. The van der Waals surface area contributed by atoms with Crippen LogP contribution >= 0.6 is 0 Å². The van der Waals surface area contributed by atoms with Gasteiger partial charge in [-0.05, 0) is 36.2 Å². The molecule has 0 bridgehead atoms. The van der Waals surface area contributed by atoms with Crippen LogP contribution < -0.4 is 10.6 Å². The van der Waals surface area contributed by atoms with Crippen molar-refractivity contribution < 1.29 is 22.4 Å². The van der Waals surface area contributed by atoms with Gasteiger partial charge in [0.15, 0.2) is 0 Å². The first-order valence-electron chi connectivity index (χ1n) is 6.73. The van der Waals surface area contributed by atoms with E-state index < -0.39 is 23.6 Å². The number of amides is 2. The number of carbonyl (C=O) groups excluding carboxylic acids is 1. The average molecular weight is 326 g/mol. The summed E-state index contributed by atoms with van der Waals surface area (Å²) in [6.07, 6.45) is -4.82. The van der Waals surface area contributed by atoms with Gasteiger partial charge in [-0.25, -0.2) is 9.18 Å². The molecular weight excluding hydrogens is 312 g/mol. The van der Waals surface area contributed by atoms with Crippen LogP contribution in [0.25, 0.3) is 0 Å². The molecule has 0 atom stereocenters. The van der Waals surface area contributed by atoms with Gasteiger partial charge in [-0.3, -0.25) is 0 Å². The minimum Gasteiger partial charge on any atom is -0.334 e. The molecule has 0 fully saturated rings. The molecule has 122 valence electrons. The molecule has 23 heavy (non-hydrogen) atoms. The fourth-order valence-electron chi connectivity index (χ4n) is 1.98. The van der Waals surface area contributed by atoms with E-state index in [9.17, 15) is 22.4 Å². The number of hydrogen-bond donors (Lipinski definition) is 2. The summed E-state index contributed by atoms with van der Waals surface area (Å²) in [4.78, 5) is 11.7. The van der Waals surface area contributed by atoms with Gasteiger partial charge in [0.05, 0.1) is 5.56 Å². The van der Waals surface area contributed by atoms with E-state index in [1.807, 2.05) is 31.2 Å². The van der Waals surface area contributed by atoms with Crippen LogP contribution in [-0.4, -0.2) is 6.03 Å². The molecule has 0 spiro atoms.